The number of rotatable bonds is 15. The number of nitrogens with two attached hydrogens (primary N) is 1. The molecule has 0 heterocycles. The summed E-state index contributed by atoms with van der Waals surface area (Å²) in [5, 5.41) is 15.6. The van der Waals surface area contributed by atoms with Gasteiger partial charge in [0.15, 0.2) is 0 Å². The summed E-state index contributed by atoms with van der Waals surface area (Å²) in [7, 11) is -0.675. The first-order chi connectivity index (χ1) is 17.6. The van der Waals surface area contributed by atoms with Crippen molar-refractivity contribution in [1.82, 2.24) is 14.9 Å². The van der Waals surface area contributed by atoms with Gasteiger partial charge < -0.3 is 30.9 Å². The third-order valence-electron chi connectivity index (χ3n) is 5.83. The number of nitrogens with zero attached hydrogens (tertiary/aromatic N) is 1. The number of urea groups is 1. The standard InChI is InChI=1S/C26H40N4O6S/c1-19(2)17-30(37(33,34)24-12-9-21(27)10-13-24)22(18-31)7-5-6-14-28-26(32)29-16-20-8-11-23(35-3)15-25(20)36-4/h8-13,15,19,22,31H,5-7,14,16-18,27H2,1-4H3,(H2,28,29,32)/t22-/m0/s1. The molecule has 0 aliphatic carbocycles. The molecule has 0 saturated carbocycles. The summed E-state index contributed by atoms with van der Waals surface area (Å²) in [6, 6.07) is 10.6. The summed E-state index contributed by atoms with van der Waals surface area (Å²) >= 11 is 0. The lowest BCUT2D eigenvalue weighted by atomic mass is 10.1. The smallest absolute Gasteiger partial charge is 0.315 e. The number of aliphatic hydroxyl groups excluding tert-OH is 1. The minimum Gasteiger partial charge on any atom is -0.497 e. The van der Waals surface area contributed by atoms with Crippen LogP contribution in [0.15, 0.2) is 47.4 Å². The molecule has 37 heavy (non-hydrogen) atoms. The molecule has 2 amide bonds. The molecule has 206 valence electrons. The molecular formula is C26H40N4O6S. The number of anilines is 1. The Hall–Kier alpha value is -3.02. The Morgan fingerprint density at radius 1 is 1.05 bits per heavy atom. The van der Waals surface area contributed by atoms with Gasteiger partial charge in [-0.05, 0) is 55.2 Å². The fourth-order valence-corrected chi connectivity index (χ4v) is 5.66. The zero-order valence-corrected chi connectivity index (χ0v) is 22.9. The van der Waals surface area contributed by atoms with Gasteiger partial charge in [-0.15, -0.1) is 0 Å². The van der Waals surface area contributed by atoms with Crippen LogP contribution in [-0.2, 0) is 16.6 Å². The van der Waals surface area contributed by atoms with Gasteiger partial charge >= 0.3 is 6.03 Å². The predicted molar refractivity (Wildman–Crippen MR) is 144 cm³/mol. The average molecular weight is 537 g/mol. The Balaban J connectivity index is 1.87. The SMILES string of the molecule is COc1ccc(CNC(=O)NCCCC[C@@H](CO)N(CC(C)C)S(=O)(=O)c2ccc(N)cc2)c(OC)c1. The number of nitrogens with one attached hydrogen (secondary N) is 2. The van der Waals surface area contributed by atoms with Crippen molar-refractivity contribution in [1.29, 1.82) is 0 Å². The summed E-state index contributed by atoms with van der Waals surface area (Å²) in [6.07, 6.45) is 1.72. The molecule has 0 aromatic heterocycles. The van der Waals surface area contributed by atoms with Crippen molar-refractivity contribution in [2.75, 3.05) is 39.6 Å². The number of sulfonamides is 1. The highest BCUT2D eigenvalue weighted by Gasteiger charge is 2.31. The molecule has 0 radical (unpaired) electrons. The maximum atomic E-state index is 13.3. The van der Waals surface area contributed by atoms with Crippen molar-refractivity contribution in [3.63, 3.8) is 0 Å². The van der Waals surface area contributed by atoms with Crippen molar-refractivity contribution in [3.8, 4) is 11.5 Å². The maximum Gasteiger partial charge on any atom is 0.315 e. The van der Waals surface area contributed by atoms with Crippen molar-refractivity contribution in [2.24, 2.45) is 5.92 Å². The number of carbonyl (C=O) groups is 1. The molecule has 0 aliphatic heterocycles. The number of carbonyl (C=O) groups excluding carboxylic acids is 1. The van der Waals surface area contributed by atoms with Gasteiger partial charge in [-0.3, -0.25) is 0 Å². The fourth-order valence-electron chi connectivity index (χ4n) is 3.85. The van der Waals surface area contributed by atoms with Gasteiger partial charge in [-0.1, -0.05) is 20.3 Å². The van der Waals surface area contributed by atoms with Crippen LogP contribution in [0.2, 0.25) is 0 Å². The van der Waals surface area contributed by atoms with Crippen LogP contribution in [-0.4, -0.2) is 63.8 Å². The second kappa shape index (κ2) is 14.7. The van der Waals surface area contributed by atoms with Crippen LogP contribution < -0.4 is 25.8 Å². The topological polar surface area (TPSA) is 143 Å². The molecular weight excluding hydrogens is 496 g/mol. The molecule has 5 N–H and O–H groups in total. The van der Waals surface area contributed by atoms with E-state index in [1.807, 2.05) is 19.9 Å². The summed E-state index contributed by atoms with van der Waals surface area (Å²) in [5.74, 6) is 1.36. The Bertz CT molecular complexity index is 1090. The molecule has 0 aliphatic rings. The number of hydrogen-bond acceptors (Lipinski definition) is 7. The predicted octanol–water partition coefficient (Wildman–Crippen LogP) is 2.96. The number of amides is 2. The van der Waals surface area contributed by atoms with Gasteiger partial charge in [0.05, 0.1) is 25.7 Å². The van der Waals surface area contributed by atoms with Crippen LogP contribution in [0.5, 0.6) is 11.5 Å². The maximum absolute atomic E-state index is 13.3. The van der Waals surface area contributed by atoms with Crippen molar-refractivity contribution in [2.45, 2.75) is 50.6 Å². The molecule has 2 rings (SSSR count). The minimum atomic E-state index is -3.80. The van der Waals surface area contributed by atoms with Gasteiger partial charge in [0.25, 0.3) is 0 Å². The van der Waals surface area contributed by atoms with E-state index in [9.17, 15) is 18.3 Å². The zero-order valence-electron chi connectivity index (χ0n) is 22.1. The molecule has 0 fully saturated rings. The number of hydrogen-bond donors (Lipinski definition) is 4. The number of nitrogen functional groups attached to an aromatic ring is 1. The molecule has 0 bridgehead atoms. The highest BCUT2D eigenvalue weighted by Crippen LogP contribution is 2.25. The monoisotopic (exact) mass is 536 g/mol. The fraction of sp³-hybridized carbons (Fsp3) is 0.500. The quantitative estimate of drug-likeness (QED) is 0.202. The highest BCUT2D eigenvalue weighted by atomic mass is 32.2. The Kier molecular flexibility index (Phi) is 12.0. The largest absolute Gasteiger partial charge is 0.497 e. The molecule has 2 aromatic rings. The van der Waals surface area contributed by atoms with E-state index in [1.54, 1.807) is 38.5 Å². The average Bonchev–Trinajstić information content (AvgIpc) is 2.88. The van der Waals surface area contributed by atoms with Gasteiger partial charge in [0, 0.05) is 43.0 Å². The summed E-state index contributed by atoms with van der Waals surface area (Å²) in [4.78, 5) is 12.4. The van der Waals surface area contributed by atoms with Crippen LogP contribution in [0.1, 0.15) is 38.7 Å². The zero-order chi connectivity index (χ0) is 27.4. The number of benzene rings is 2. The molecule has 0 spiro atoms. The van der Waals surface area contributed by atoms with Crippen LogP contribution in [0, 0.1) is 5.92 Å². The molecule has 11 heteroatoms. The summed E-state index contributed by atoms with van der Waals surface area (Å²) < 4.78 is 38.5. The summed E-state index contributed by atoms with van der Waals surface area (Å²) in [6.45, 7) is 4.57. The van der Waals surface area contributed by atoms with E-state index in [1.165, 1.54) is 16.4 Å². The normalized spacial score (nSPS) is 12.4. The Morgan fingerprint density at radius 3 is 2.35 bits per heavy atom. The van der Waals surface area contributed by atoms with E-state index < -0.39 is 16.1 Å². The van der Waals surface area contributed by atoms with E-state index in [0.717, 1.165) is 5.56 Å². The van der Waals surface area contributed by atoms with Crippen molar-refractivity contribution >= 4 is 21.7 Å². The molecule has 1 atom stereocenters. The number of unbranched alkanes of at least 4 members (excludes halogenated alkanes) is 1. The second-order valence-electron chi connectivity index (χ2n) is 9.16. The Labute approximate surface area is 220 Å². The van der Waals surface area contributed by atoms with Crippen LogP contribution in [0.25, 0.3) is 0 Å². The van der Waals surface area contributed by atoms with E-state index in [-0.39, 0.29) is 30.0 Å². The lowest BCUT2D eigenvalue weighted by molar-refractivity contribution is 0.168. The third kappa shape index (κ3) is 9.10. The van der Waals surface area contributed by atoms with E-state index in [0.29, 0.717) is 49.5 Å². The van der Waals surface area contributed by atoms with E-state index >= 15 is 0 Å². The van der Waals surface area contributed by atoms with E-state index in [2.05, 4.69) is 10.6 Å². The lowest BCUT2D eigenvalue weighted by Crippen LogP contribution is -2.44. The van der Waals surface area contributed by atoms with Crippen LogP contribution in [0.4, 0.5) is 10.5 Å². The second-order valence-corrected chi connectivity index (χ2v) is 11.0. The number of methoxy groups -OCH3 is 2. The minimum absolute atomic E-state index is 0.0762. The van der Waals surface area contributed by atoms with Gasteiger partial charge in [0.2, 0.25) is 10.0 Å². The van der Waals surface area contributed by atoms with Gasteiger partial charge in [-0.2, -0.15) is 4.31 Å². The molecule has 0 saturated heterocycles. The molecule has 0 unspecified atom stereocenters. The highest BCUT2D eigenvalue weighted by molar-refractivity contribution is 7.89. The van der Waals surface area contributed by atoms with Crippen LogP contribution >= 0.6 is 0 Å². The first-order valence-corrected chi connectivity index (χ1v) is 13.8. The molecule has 2 aromatic carbocycles. The van der Waals surface area contributed by atoms with Crippen molar-refractivity contribution < 1.29 is 27.8 Å². The van der Waals surface area contributed by atoms with Gasteiger partial charge in [-0.25, -0.2) is 13.2 Å². The van der Waals surface area contributed by atoms with Crippen LogP contribution in [0.3, 0.4) is 0 Å². The Morgan fingerprint density at radius 2 is 1.76 bits per heavy atom. The summed E-state index contributed by atoms with van der Waals surface area (Å²) in [5.41, 5.74) is 7.00. The third-order valence-corrected chi connectivity index (χ3v) is 7.77. The number of ether oxygens (including phenoxy) is 2. The first-order valence-electron chi connectivity index (χ1n) is 12.3. The van der Waals surface area contributed by atoms with Crippen molar-refractivity contribution in [3.05, 3.63) is 48.0 Å². The van der Waals surface area contributed by atoms with Gasteiger partial charge in [0.1, 0.15) is 11.5 Å². The number of aliphatic hydroxyl groups is 1. The molecule has 10 nitrogen and oxygen atoms in total. The lowest BCUT2D eigenvalue weighted by Gasteiger charge is -2.31. The first kappa shape index (κ1) is 30.2. The van der Waals surface area contributed by atoms with E-state index in [4.69, 9.17) is 15.2 Å².